The standard InChI is InChI=1S/C18H28N2O3/c1-12-5-7-20(8-6-12)11-13(2)10-19-18(22)17-14(3)9-16(21)23-15(17)4/h9,12-13H,5-8,10-11H2,1-4H3,(H,19,22). The minimum atomic E-state index is -0.413. The van der Waals surface area contributed by atoms with E-state index < -0.39 is 5.63 Å². The zero-order valence-corrected chi connectivity index (χ0v) is 14.6. The van der Waals surface area contributed by atoms with E-state index in [2.05, 4.69) is 24.1 Å². The van der Waals surface area contributed by atoms with Gasteiger partial charge in [-0.2, -0.15) is 0 Å². The molecule has 0 aliphatic carbocycles. The molecule has 0 radical (unpaired) electrons. The fraction of sp³-hybridized carbons (Fsp3) is 0.667. The highest BCUT2D eigenvalue weighted by Gasteiger charge is 2.19. The molecular formula is C18H28N2O3. The fourth-order valence-corrected chi connectivity index (χ4v) is 3.20. The lowest BCUT2D eigenvalue weighted by Gasteiger charge is -2.32. The van der Waals surface area contributed by atoms with Gasteiger partial charge in [-0.25, -0.2) is 4.79 Å². The molecule has 1 N–H and O–H groups in total. The number of hydrogen-bond donors (Lipinski definition) is 1. The molecule has 0 aromatic carbocycles. The molecule has 2 rings (SSSR count). The van der Waals surface area contributed by atoms with Gasteiger partial charge in [0.2, 0.25) is 0 Å². The van der Waals surface area contributed by atoms with E-state index in [-0.39, 0.29) is 5.91 Å². The van der Waals surface area contributed by atoms with Crippen LogP contribution in [-0.2, 0) is 0 Å². The van der Waals surface area contributed by atoms with Crippen molar-refractivity contribution in [3.8, 4) is 0 Å². The third-order valence-corrected chi connectivity index (χ3v) is 4.62. The summed E-state index contributed by atoms with van der Waals surface area (Å²) in [4.78, 5) is 26.1. The molecule has 2 heterocycles. The van der Waals surface area contributed by atoms with E-state index in [4.69, 9.17) is 4.42 Å². The number of hydrogen-bond acceptors (Lipinski definition) is 4. The Morgan fingerprint density at radius 1 is 1.39 bits per heavy atom. The maximum atomic E-state index is 12.4. The molecule has 0 bridgehead atoms. The summed E-state index contributed by atoms with van der Waals surface area (Å²) in [6.07, 6.45) is 2.53. The second-order valence-electron chi connectivity index (χ2n) is 6.98. The van der Waals surface area contributed by atoms with Crippen LogP contribution in [-0.4, -0.2) is 37.0 Å². The summed E-state index contributed by atoms with van der Waals surface area (Å²) >= 11 is 0. The molecule has 23 heavy (non-hydrogen) atoms. The minimum Gasteiger partial charge on any atom is -0.427 e. The van der Waals surface area contributed by atoms with Gasteiger partial charge in [0, 0.05) is 19.2 Å². The molecule has 1 aromatic heterocycles. The molecule has 1 amide bonds. The van der Waals surface area contributed by atoms with Gasteiger partial charge in [0.05, 0.1) is 5.56 Å². The summed E-state index contributed by atoms with van der Waals surface area (Å²) in [5.74, 6) is 1.44. The Balaban J connectivity index is 1.85. The van der Waals surface area contributed by atoms with Gasteiger partial charge in [-0.3, -0.25) is 4.79 Å². The lowest BCUT2D eigenvalue weighted by molar-refractivity contribution is 0.0936. The largest absolute Gasteiger partial charge is 0.427 e. The number of carbonyl (C=O) groups is 1. The molecule has 1 aliphatic heterocycles. The Morgan fingerprint density at radius 3 is 2.65 bits per heavy atom. The molecule has 1 saturated heterocycles. The lowest BCUT2D eigenvalue weighted by atomic mass is 9.98. The molecule has 1 aliphatic rings. The predicted molar refractivity (Wildman–Crippen MR) is 90.8 cm³/mol. The maximum absolute atomic E-state index is 12.4. The Kier molecular flexibility index (Phi) is 5.99. The molecule has 0 saturated carbocycles. The van der Waals surface area contributed by atoms with Gasteiger partial charge in [0.1, 0.15) is 5.76 Å². The van der Waals surface area contributed by atoms with Gasteiger partial charge >= 0.3 is 5.63 Å². The number of rotatable bonds is 5. The summed E-state index contributed by atoms with van der Waals surface area (Å²) in [5, 5.41) is 2.97. The highest BCUT2D eigenvalue weighted by molar-refractivity contribution is 5.96. The molecule has 1 unspecified atom stereocenters. The number of likely N-dealkylation sites (tertiary alicyclic amines) is 1. The van der Waals surface area contributed by atoms with Crippen LogP contribution in [0.1, 0.15) is 48.4 Å². The van der Waals surface area contributed by atoms with Crippen molar-refractivity contribution in [1.82, 2.24) is 10.2 Å². The van der Waals surface area contributed by atoms with Crippen LogP contribution in [0.15, 0.2) is 15.3 Å². The van der Waals surface area contributed by atoms with Crippen molar-refractivity contribution in [2.75, 3.05) is 26.2 Å². The number of piperidine rings is 1. The van der Waals surface area contributed by atoms with Gasteiger partial charge in [-0.15, -0.1) is 0 Å². The van der Waals surface area contributed by atoms with Crippen LogP contribution in [0.2, 0.25) is 0 Å². The van der Waals surface area contributed by atoms with Crippen molar-refractivity contribution in [3.05, 3.63) is 33.4 Å². The number of amides is 1. The second-order valence-corrected chi connectivity index (χ2v) is 6.98. The molecule has 0 spiro atoms. The topological polar surface area (TPSA) is 62.6 Å². The highest BCUT2D eigenvalue weighted by Crippen LogP contribution is 2.17. The highest BCUT2D eigenvalue weighted by atomic mass is 16.4. The Morgan fingerprint density at radius 2 is 2.04 bits per heavy atom. The van der Waals surface area contributed by atoms with E-state index in [1.807, 2.05) is 0 Å². The third kappa shape index (κ3) is 4.93. The molecule has 5 heteroatoms. The van der Waals surface area contributed by atoms with Crippen molar-refractivity contribution in [2.45, 2.75) is 40.5 Å². The summed E-state index contributed by atoms with van der Waals surface area (Å²) in [5.41, 5.74) is 0.724. The van der Waals surface area contributed by atoms with Crippen LogP contribution in [0.4, 0.5) is 0 Å². The molecule has 128 valence electrons. The molecule has 1 atom stereocenters. The zero-order valence-electron chi connectivity index (χ0n) is 14.6. The van der Waals surface area contributed by atoms with E-state index in [0.717, 1.165) is 25.6 Å². The van der Waals surface area contributed by atoms with Crippen LogP contribution in [0.3, 0.4) is 0 Å². The van der Waals surface area contributed by atoms with Crippen molar-refractivity contribution >= 4 is 5.91 Å². The first kappa shape index (κ1) is 17.7. The third-order valence-electron chi connectivity index (χ3n) is 4.62. The summed E-state index contributed by atoms with van der Waals surface area (Å²) in [6.45, 7) is 11.8. The Labute approximate surface area is 138 Å². The smallest absolute Gasteiger partial charge is 0.336 e. The summed E-state index contributed by atoms with van der Waals surface area (Å²) < 4.78 is 5.02. The van der Waals surface area contributed by atoms with Crippen molar-refractivity contribution < 1.29 is 9.21 Å². The van der Waals surface area contributed by atoms with Gasteiger partial charge in [0.25, 0.3) is 5.91 Å². The monoisotopic (exact) mass is 320 g/mol. The first-order valence-corrected chi connectivity index (χ1v) is 8.48. The van der Waals surface area contributed by atoms with Crippen molar-refractivity contribution in [3.63, 3.8) is 0 Å². The zero-order chi connectivity index (χ0) is 17.0. The van der Waals surface area contributed by atoms with E-state index in [1.165, 1.54) is 18.9 Å². The molecule has 1 fully saturated rings. The van der Waals surface area contributed by atoms with Crippen molar-refractivity contribution in [2.24, 2.45) is 11.8 Å². The van der Waals surface area contributed by atoms with Gasteiger partial charge < -0.3 is 14.6 Å². The molecule has 5 nitrogen and oxygen atoms in total. The first-order valence-electron chi connectivity index (χ1n) is 8.48. The predicted octanol–water partition coefficient (Wildman–Crippen LogP) is 2.35. The van der Waals surface area contributed by atoms with Gasteiger partial charge in [-0.05, 0) is 57.2 Å². The van der Waals surface area contributed by atoms with Crippen LogP contribution >= 0.6 is 0 Å². The fourth-order valence-electron chi connectivity index (χ4n) is 3.20. The maximum Gasteiger partial charge on any atom is 0.336 e. The summed E-state index contributed by atoms with van der Waals surface area (Å²) in [7, 11) is 0. The second kappa shape index (κ2) is 7.77. The van der Waals surface area contributed by atoms with Crippen LogP contribution in [0.5, 0.6) is 0 Å². The number of carbonyl (C=O) groups excluding carboxylic acids is 1. The SMILES string of the molecule is Cc1cc(=O)oc(C)c1C(=O)NCC(C)CN1CCC(C)CC1. The van der Waals surface area contributed by atoms with E-state index in [0.29, 0.717) is 29.3 Å². The van der Waals surface area contributed by atoms with Crippen LogP contribution < -0.4 is 10.9 Å². The van der Waals surface area contributed by atoms with E-state index in [1.54, 1.807) is 13.8 Å². The van der Waals surface area contributed by atoms with E-state index >= 15 is 0 Å². The molecule has 1 aromatic rings. The van der Waals surface area contributed by atoms with Gasteiger partial charge in [-0.1, -0.05) is 13.8 Å². The normalized spacial score (nSPS) is 17.9. The summed E-state index contributed by atoms with van der Waals surface area (Å²) in [6, 6.07) is 1.36. The van der Waals surface area contributed by atoms with Crippen LogP contribution in [0.25, 0.3) is 0 Å². The number of aryl methyl sites for hydroxylation is 2. The molecular weight excluding hydrogens is 292 g/mol. The van der Waals surface area contributed by atoms with Gasteiger partial charge in [0.15, 0.2) is 0 Å². The average molecular weight is 320 g/mol. The lowest BCUT2D eigenvalue weighted by Crippen LogP contribution is -2.39. The Bertz CT molecular complexity index is 575. The first-order chi connectivity index (χ1) is 10.9. The minimum absolute atomic E-state index is 0.164. The average Bonchev–Trinajstić information content (AvgIpc) is 2.46. The van der Waals surface area contributed by atoms with Crippen LogP contribution in [0, 0.1) is 25.7 Å². The van der Waals surface area contributed by atoms with E-state index in [9.17, 15) is 9.59 Å². The number of nitrogens with one attached hydrogen (secondary N) is 1. The van der Waals surface area contributed by atoms with Crippen molar-refractivity contribution in [1.29, 1.82) is 0 Å². The number of nitrogens with zero attached hydrogens (tertiary/aromatic N) is 1. The quantitative estimate of drug-likeness (QED) is 0.904. The Hall–Kier alpha value is -1.62.